The zero-order valence-electron chi connectivity index (χ0n) is 6.12. The molecule has 0 aliphatic heterocycles. The lowest BCUT2D eigenvalue weighted by atomic mass is 10.1. The maximum atomic E-state index is 7.02. The molecule has 0 fully saturated rings. The van der Waals surface area contributed by atoms with Gasteiger partial charge in [0.15, 0.2) is 0 Å². The van der Waals surface area contributed by atoms with Gasteiger partial charge < -0.3 is 11.1 Å². The Morgan fingerprint density at radius 3 is 2.36 bits per heavy atom. The minimum atomic E-state index is 0.741. The van der Waals surface area contributed by atoms with Gasteiger partial charge in [0.25, 0.3) is 0 Å². The van der Waals surface area contributed by atoms with Crippen molar-refractivity contribution in [2.75, 3.05) is 0 Å². The minimum absolute atomic E-state index is 0.741. The molecular weight excluding hydrogens is 136 g/mol. The Balaban J connectivity index is 3.01. The van der Waals surface area contributed by atoms with Crippen molar-refractivity contribution in [3.8, 4) is 0 Å². The lowest BCUT2D eigenvalue weighted by Crippen LogP contribution is -1.89. The molecule has 0 saturated carbocycles. The van der Waals surface area contributed by atoms with Gasteiger partial charge in [-0.25, -0.2) is 0 Å². The highest BCUT2D eigenvalue weighted by Gasteiger charge is 1.93. The Hall–Kier alpha value is -1.57. The molecule has 0 amide bonds. The Labute approximate surface area is 65.9 Å². The molecule has 0 radical (unpaired) electrons. The van der Waals surface area contributed by atoms with Gasteiger partial charge in [0.1, 0.15) is 0 Å². The molecule has 3 N–H and O–H groups in total. The van der Waals surface area contributed by atoms with Gasteiger partial charge in [0.05, 0.1) is 0 Å². The Morgan fingerprint density at radius 1 is 1.27 bits per heavy atom. The highest BCUT2D eigenvalue weighted by atomic mass is 14.5. The summed E-state index contributed by atoms with van der Waals surface area (Å²) in [5, 5.41) is 7.02. The number of hydrogen-bond acceptors (Lipinski definition) is 2. The number of rotatable bonds is 2. The molecule has 11 heavy (non-hydrogen) atoms. The van der Waals surface area contributed by atoms with E-state index >= 15 is 0 Å². The molecule has 0 atom stereocenters. The molecule has 0 bridgehead atoms. The fourth-order valence-electron chi connectivity index (χ4n) is 0.858. The number of allylic oxidation sites excluding steroid dienone is 1. The molecule has 56 valence electrons. The lowest BCUT2D eigenvalue weighted by Gasteiger charge is -1.97. The predicted octanol–water partition coefficient (Wildman–Crippen LogP) is 1.64. The van der Waals surface area contributed by atoms with Crippen molar-refractivity contribution in [3.63, 3.8) is 0 Å². The summed E-state index contributed by atoms with van der Waals surface area (Å²) in [6.45, 7) is 0. The van der Waals surface area contributed by atoms with Crippen LogP contribution in [-0.4, -0.2) is 6.21 Å². The van der Waals surface area contributed by atoms with Gasteiger partial charge in [-0.15, -0.1) is 0 Å². The molecule has 1 aromatic rings. The third-order valence-corrected chi connectivity index (χ3v) is 1.44. The Kier molecular flexibility index (Phi) is 2.44. The zero-order chi connectivity index (χ0) is 8.10. The number of hydrogen-bond donors (Lipinski definition) is 2. The molecule has 0 spiro atoms. The molecule has 1 rings (SSSR count). The van der Waals surface area contributed by atoms with Crippen molar-refractivity contribution in [2.24, 2.45) is 5.73 Å². The first-order chi connectivity index (χ1) is 5.38. The average molecular weight is 146 g/mol. The maximum absolute atomic E-state index is 7.02. The molecule has 1 aromatic carbocycles. The van der Waals surface area contributed by atoms with Crippen LogP contribution in [0.5, 0.6) is 0 Å². The summed E-state index contributed by atoms with van der Waals surface area (Å²) in [6, 6.07) is 9.61. The van der Waals surface area contributed by atoms with Crippen LogP contribution >= 0.6 is 0 Å². The fraction of sp³-hybridized carbons (Fsp3) is 0. The standard InChI is InChI=1S/C9H10N2/c10-6-9(7-11)8-4-2-1-3-5-8/h1-7,10H,11H2/b9-7+,10-6?. The van der Waals surface area contributed by atoms with E-state index in [1.165, 1.54) is 12.4 Å². The first-order valence-electron chi connectivity index (χ1n) is 3.36. The molecular formula is C9H10N2. The summed E-state index contributed by atoms with van der Waals surface area (Å²) in [7, 11) is 0. The van der Waals surface area contributed by atoms with Gasteiger partial charge in [0, 0.05) is 18.0 Å². The van der Waals surface area contributed by atoms with E-state index in [1.807, 2.05) is 30.3 Å². The van der Waals surface area contributed by atoms with Gasteiger partial charge in [0.2, 0.25) is 0 Å². The fourth-order valence-corrected chi connectivity index (χ4v) is 0.858. The smallest absolute Gasteiger partial charge is 0.0270 e. The van der Waals surface area contributed by atoms with Crippen molar-refractivity contribution in [3.05, 3.63) is 42.1 Å². The van der Waals surface area contributed by atoms with Crippen molar-refractivity contribution in [2.45, 2.75) is 0 Å². The molecule has 2 heteroatoms. The van der Waals surface area contributed by atoms with Gasteiger partial charge >= 0.3 is 0 Å². The summed E-state index contributed by atoms with van der Waals surface area (Å²) in [5.41, 5.74) is 7.02. The largest absolute Gasteiger partial charge is 0.404 e. The minimum Gasteiger partial charge on any atom is -0.404 e. The second kappa shape index (κ2) is 3.56. The van der Waals surface area contributed by atoms with Crippen LogP contribution in [0.15, 0.2) is 36.5 Å². The maximum Gasteiger partial charge on any atom is 0.0270 e. The van der Waals surface area contributed by atoms with Crippen molar-refractivity contribution in [1.29, 1.82) is 5.41 Å². The monoisotopic (exact) mass is 146 g/mol. The van der Waals surface area contributed by atoms with Crippen LogP contribution in [0.1, 0.15) is 5.56 Å². The van der Waals surface area contributed by atoms with Crippen LogP contribution in [0.25, 0.3) is 5.57 Å². The second-order valence-corrected chi connectivity index (χ2v) is 2.13. The highest BCUT2D eigenvalue weighted by molar-refractivity contribution is 6.07. The molecule has 0 aromatic heterocycles. The molecule has 0 saturated heterocycles. The van der Waals surface area contributed by atoms with Crippen LogP contribution in [0.4, 0.5) is 0 Å². The van der Waals surface area contributed by atoms with Crippen molar-refractivity contribution < 1.29 is 0 Å². The summed E-state index contributed by atoms with van der Waals surface area (Å²) in [6.07, 6.45) is 2.68. The van der Waals surface area contributed by atoms with E-state index in [4.69, 9.17) is 11.1 Å². The molecule has 0 aliphatic rings. The average Bonchev–Trinajstić information content (AvgIpc) is 2.09. The van der Waals surface area contributed by atoms with Crippen LogP contribution in [-0.2, 0) is 0 Å². The number of nitrogens with two attached hydrogens (primary N) is 1. The molecule has 2 nitrogen and oxygen atoms in total. The van der Waals surface area contributed by atoms with E-state index in [9.17, 15) is 0 Å². The summed E-state index contributed by atoms with van der Waals surface area (Å²) in [4.78, 5) is 0. The van der Waals surface area contributed by atoms with Crippen LogP contribution in [0, 0.1) is 5.41 Å². The molecule has 0 heterocycles. The van der Waals surface area contributed by atoms with Crippen LogP contribution in [0.3, 0.4) is 0 Å². The lowest BCUT2D eigenvalue weighted by molar-refractivity contribution is 1.53. The Morgan fingerprint density at radius 2 is 1.91 bits per heavy atom. The van der Waals surface area contributed by atoms with E-state index in [0.717, 1.165) is 11.1 Å². The molecule has 0 unspecified atom stereocenters. The quantitative estimate of drug-likeness (QED) is 0.612. The SMILES string of the molecule is N=C/C(=C\N)c1ccccc1. The molecule has 0 aliphatic carbocycles. The van der Waals surface area contributed by atoms with Crippen LogP contribution in [0.2, 0.25) is 0 Å². The highest BCUT2D eigenvalue weighted by Crippen LogP contribution is 2.08. The second-order valence-electron chi connectivity index (χ2n) is 2.13. The van der Waals surface area contributed by atoms with E-state index in [1.54, 1.807) is 0 Å². The normalized spacial score (nSPS) is 11.1. The third kappa shape index (κ3) is 1.67. The van der Waals surface area contributed by atoms with E-state index < -0.39 is 0 Å². The van der Waals surface area contributed by atoms with E-state index in [0.29, 0.717) is 0 Å². The van der Waals surface area contributed by atoms with Gasteiger partial charge in [-0.3, -0.25) is 0 Å². The van der Waals surface area contributed by atoms with E-state index in [2.05, 4.69) is 0 Å². The number of nitrogens with one attached hydrogen (secondary N) is 1. The van der Waals surface area contributed by atoms with Crippen molar-refractivity contribution in [1.82, 2.24) is 0 Å². The summed E-state index contributed by atoms with van der Waals surface area (Å²) < 4.78 is 0. The summed E-state index contributed by atoms with van der Waals surface area (Å²) >= 11 is 0. The third-order valence-electron chi connectivity index (χ3n) is 1.44. The van der Waals surface area contributed by atoms with Gasteiger partial charge in [-0.05, 0) is 5.56 Å². The summed E-state index contributed by atoms with van der Waals surface area (Å²) in [5.74, 6) is 0. The zero-order valence-corrected chi connectivity index (χ0v) is 6.12. The predicted molar refractivity (Wildman–Crippen MR) is 47.4 cm³/mol. The first-order valence-corrected chi connectivity index (χ1v) is 3.36. The van der Waals surface area contributed by atoms with Crippen molar-refractivity contribution >= 4 is 11.8 Å². The number of benzene rings is 1. The topological polar surface area (TPSA) is 49.9 Å². The van der Waals surface area contributed by atoms with E-state index in [-0.39, 0.29) is 0 Å². The first kappa shape index (κ1) is 7.54. The Bertz CT molecular complexity index is 262. The van der Waals surface area contributed by atoms with Crippen LogP contribution < -0.4 is 5.73 Å². The van der Waals surface area contributed by atoms with Gasteiger partial charge in [-0.2, -0.15) is 0 Å². The van der Waals surface area contributed by atoms with Gasteiger partial charge in [-0.1, -0.05) is 30.3 Å².